The first kappa shape index (κ1) is 8.27. The van der Waals surface area contributed by atoms with Crippen LogP contribution in [0.2, 0.25) is 0 Å². The summed E-state index contributed by atoms with van der Waals surface area (Å²) in [7, 11) is 0. The molecule has 0 aromatic rings. The fourth-order valence-electron chi connectivity index (χ4n) is 0.868. The Bertz CT molecular complexity index is 89.0. The van der Waals surface area contributed by atoms with E-state index >= 15 is 0 Å². The highest BCUT2D eigenvalue weighted by atomic mass is 35.5. The molecular weight excluding hydrogens is 156 g/mol. The number of aliphatic hydroxyl groups excluding tert-OH is 1. The lowest BCUT2D eigenvalue weighted by Gasteiger charge is -2.27. The Balaban J connectivity index is 2.25. The molecule has 0 aromatic carbocycles. The standard InChI is InChI=1S/C6H11ClO3/c7-3-6-9-2-1-5(4-8)10-6/h5-6,8H,1-4H2/t5-,6-/m0/s1. The molecule has 60 valence electrons. The van der Waals surface area contributed by atoms with E-state index in [1.165, 1.54) is 0 Å². The molecular formula is C6H11ClO3. The van der Waals surface area contributed by atoms with Crippen LogP contribution in [0.4, 0.5) is 0 Å². The number of alkyl halides is 1. The minimum Gasteiger partial charge on any atom is -0.394 e. The Labute approximate surface area is 64.9 Å². The van der Waals surface area contributed by atoms with Crippen molar-refractivity contribution in [2.45, 2.75) is 18.8 Å². The van der Waals surface area contributed by atoms with Gasteiger partial charge in [-0.3, -0.25) is 0 Å². The third-order valence-corrected chi connectivity index (χ3v) is 1.67. The van der Waals surface area contributed by atoms with Crippen LogP contribution in [0.3, 0.4) is 0 Å². The Kier molecular flexibility index (Phi) is 3.42. The summed E-state index contributed by atoms with van der Waals surface area (Å²) in [4.78, 5) is 0. The summed E-state index contributed by atoms with van der Waals surface area (Å²) in [6.45, 7) is 0.680. The molecule has 1 saturated heterocycles. The van der Waals surface area contributed by atoms with Gasteiger partial charge >= 0.3 is 0 Å². The van der Waals surface area contributed by atoms with Crippen molar-refractivity contribution >= 4 is 11.6 Å². The first-order chi connectivity index (χ1) is 4.86. The lowest BCUT2D eigenvalue weighted by molar-refractivity contribution is -0.207. The monoisotopic (exact) mass is 166 g/mol. The second-order valence-electron chi connectivity index (χ2n) is 2.18. The third kappa shape index (κ3) is 2.09. The normalized spacial score (nSPS) is 34.2. The van der Waals surface area contributed by atoms with Gasteiger partial charge in [0.25, 0.3) is 0 Å². The minimum absolute atomic E-state index is 0.0523. The second-order valence-corrected chi connectivity index (χ2v) is 2.49. The van der Waals surface area contributed by atoms with Crippen LogP contribution in [0.25, 0.3) is 0 Å². The first-order valence-electron chi connectivity index (χ1n) is 3.30. The van der Waals surface area contributed by atoms with E-state index in [1.807, 2.05) is 0 Å². The smallest absolute Gasteiger partial charge is 0.171 e. The largest absolute Gasteiger partial charge is 0.394 e. The molecule has 0 aromatic heterocycles. The molecule has 1 aliphatic heterocycles. The van der Waals surface area contributed by atoms with E-state index in [0.717, 1.165) is 6.42 Å². The topological polar surface area (TPSA) is 38.7 Å². The Morgan fingerprint density at radius 2 is 2.40 bits per heavy atom. The van der Waals surface area contributed by atoms with Gasteiger partial charge < -0.3 is 14.6 Å². The van der Waals surface area contributed by atoms with Crippen molar-refractivity contribution in [3.63, 3.8) is 0 Å². The van der Waals surface area contributed by atoms with Crippen molar-refractivity contribution in [3.05, 3.63) is 0 Å². The molecule has 4 heteroatoms. The Morgan fingerprint density at radius 3 is 3.00 bits per heavy atom. The molecule has 10 heavy (non-hydrogen) atoms. The molecule has 0 radical (unpaired) electrons. The van der Waals surface area contributed by atoms with Gasteiger partial charge in [0, 0.05) is 0 Å². The number of rotatable bonds is 2. The Morgan fingerprint density at radius 1 is 1.60 bits per heavy atom. The van der Waals surface area contributed by atoms with E-state index in [2.05, 4.69) is 0 Å². The highest BCUT2D eigenvalue weighted by Crippen LogP contribution is 2.12. The van der Waals surface area contributed by atoms with Crippen LogP contribution in [0.5, 0.6) is 0 Å². The van der Waals surface area contributed by atoms with Crippen molar-refractivity contribution in [2.24, 2.45) is 0 Å². The molecule has 1 fully saturated rings. The van der Waals surface area contributed by atoms with Gasteiger partial charge in [-0.15, -0.1) is 11.6 Å². The van der Waals surface area contributed by atoms with Gasteiger partial charge in [0.2, 0.25) is 0 Å². The van der Waals surface area contributed by atoms with E-state index in [1.54, 1.807) is 0 Å². The summed E-state index contributed by atoms with van der Waals surface area (Å²) >= 11 is 5.47. The molecule has 1 aliphatic rings. The number of ether oxygens (including phenoxy) is 2. The van der Waals surface area contributed by atoms with Gasteiger partial charge in [-0.05, 0) is 6.42 Å². The lowest BCUT2D eigenvalue weighted by atomic mass is 10.2. The van der Waals surface area contributed by atoms with Gasteiger partial charge in [0.05, 0.1) is 25.2 Å². The van der Waals surface area contributed by atoms with Crippen LogP contribution < -0.4 is 0 Å². The summed E-state index contributed by atoms with van der Waals surface area (Å²) in [6.07, 6.45) is 0.342. The molecule has 1 rings (SSSR count). The fourth-order valence-corrected chi connectivity index (χ4v) is 1.03. The zero-order valence-electron chi connectivity index (χ0n) is 5.62. The van der Waals surface area contributed by atoms with E-state index < -0.39 is 0 Å². The fraction of sp³-hybridized carbons (Fsp3) is 1.00. The molecule has 1 heterocycles. The maximum absolute atomic E-state index is 8.68. The number of hydrogen-bond acceptors (Lipinski definition) is 3. The van der Waals surface area contributed by atoms with Crippen LogP contribution in [0, 0.1) is 0 Å². The first-order valence-corrected chi connectivity index (χ1v) is 3.84. The lowest BCUT2D eigenvalue weighted by Crippen LogP contribution is -2.35. The summed E-state index contributed by atoms with van der Waals surface area (Å²) in [5.74, 6) is 0.330. The average molecular weight is 167 g/mol. The van der Waals surface area contributed by atoms with Crippen LogP contribution in [-0.2, 0) is 9.47 Å². The SMILES string of the molecule is OC[C@@H]1CCO[C@H](CCl)O1. The predicted octanol–water partition coefficient (Wildman–Crippen LogP) is 0.349. The van der Waals surface area contributed by atoms with E-state index in [4.69, 9.17) is 26.2 Å². The Hall–Kier alpha value is 0.170. The van der Waals surface area contributed by atoms with Crippen molar-refractivity contribution in [1.82, 2.24) is 0 Å². The van der Waals surface area contributed by atoms with Crippen molar-refractivity contribution in [1.29, 1.82) is 0 Å². The molecule has 0 bridgehead atoms. The molecule has 2 atom stereocenters. The van der Waals surface area contributed by atoms with Gasteiger partial charge in [-0.25, -0.2) is 0 Å². The van der Waals surface area contributed by atoms with Crippen LogP contribution >= 0.6 is 11.6 Å². The second kappa shape index (κ2) is 4.13. The molecule has 3 nitrogen and oxygen atoms in total. The maximum Gasteiger partial charge on any atom is 0.171 e. The molecule has 0 spiro atoms. The summed E-state index contributed by atoms with van der Waals surface area (Å²) in [6, 6.07) is 0. The summed E-state index contributed by atoms with van der Waals surface area (Å²) in [5, 5.41) is 8.68. The highest BCUT2D eigenvalue weighted by Gasteiger charge is 2.20. The van der Waals surface area contributed by atoms with E-state index in [9.17, 15) is 0 Å². The number of hydrogen-bond donors (Lipinski definition) is 1. The number of halogens is 1. The van der Waals surface area contributed by atoms with E-state index in [0.29, 0.717) is 12.5 Å². The predicted molar refractivity (Wildman–Crippen MR) is 37.0 cm³/mol. The van der Waals surface area contributed by atoms with Crippen LogP contribution in [-0.4, -0.2) is 36.6 Å². The molecule has 0 saturated carbocycles. The van der Waals surface area contributed by atoms with Crippen LogP contribution in [0.1, 0.15) is 6.42 Å². The van der Waals surface area contributed by atoms with Crippen LogP contribution in [0.15, 0.2) is 0 Å². The van der Waals surface area contributed by atoms with Crippen molar-refractivity contribution in [2.75, 3.05) is 19.1 Å². The third-order valence-electron chi connectivity index (χ3n) is 1.42. The van der Waals surface area contributed by atoms with Crippen molar-refractivity contribution < 1.29 is 14.6 Å². The van der Waals surface area contributed by atoms with Crippen molar-refractivity contribution in [3.8, 4) is 0 Å². The average Bonchev–Trinajstić information content (AvgIpc) is 2.05. The van der Waals surface area contributed by atoms with Gasteiger partial charge in [0.1, 0.15) is 0 Å². The quantitative estimate of drug-likeness (QED) is 0.602. The van der Waals surface area contributed by atoms with Gasteiger partial charge in [-0.2, -0.15) is 0 Å². The van der Waals surface area contributed by atoms with Gasteiger partial charge in [0.15, 0.2) is 6.29 Å². The minimum atomic E-state index is -0.326. The molecule has 1 N–H and O–H groups in total. The zero-order chi connectivity index (χ0) is 7.40. The zero-order valence-corrected chi connectivity index (χ0v) is 6.38. The number of aliphatic hydroxyl groups is 1. The molecule has 0 amide bonds. The molecule has 0 aliphatic carbocycles. The van der Waals surface area contributed by atoms with Gasteiger partial charge in [-0.1, -0.05) is 0 Å². The summed E-state index contributed by atoms with van der Waals surface area (Å²) < 4.78 is 10.3. The molecule has 0 unspecified atom stereocenters. The summed E-state index contributed by atoms with van der Waals surface area (Å²) in [5.41, 5.74) is 0. The van der Waals surface area contributed by atoms with E-state index in [-0.39, 0.29) is 19.0 Å². The maximum atomic E-state index is 8.68. The highest BCUT2D eigenvalue weighted by molar-refractivity contribution is 6.18.